The summed E-state index contributed by atoms with van der Waals surface area (Å²) in [5, 5.41) is 8.32. The Kier molecular flexibility index (Phi) is 2.73. The van der Waals surface area contributed by atoms with Gasteiger partial charge >= 0.3 is 0 Å². The third-order valence-corrected chi connectivity index (χ3v) is 5.79. The predicted molar refractivity (Wildman–Crippen MR) is 75.6 cm³/mol. The van der Waals surface area contributed by atoms with Crippen molar-refractivity contribution < 1.29 is 0 Å². The van der Waals surface area contributed by atoms with E-state index in [4.69, 9.17) is 0 Å². The molecule has 4 fully saturated rings. The highest BCUT2D eigenvalue weighted by Crippen LogP contribution is 2.55. The van der Waals surface area contributed by atoms with E-state index in [2.05, 4.69) is 28.1 Å². The van der Waals surface area contributed by atoms with Crippen molar-refractivity contribution in [2.24, 2.45) is 17.8 Å². The van der Waals surface area contributed by atoms with E-state index in [-0.39, 0.29) is 0 Å². The Morgan fingerprint density at radius 2 is 1.84 bits per heavy atom. The maximum absolute atomic E-state index is 4.38. The van der Waals surface area contributed by atoms with Gasteiger partial charge < -0.3 is 5.32 Å². The van der Waals surface area contributed by atoms with Crippen LogP contribution in [0.2, 0.25) is 0 Å². The number of aromatic nitrogens is 2. The van der Waals surface area contributed by atoms with Crippen molar-refractivity contribution in [1.29, 1.82) is 0 Å². The van der Waals surface area contributed by atoms with Crippen LogP contribution >= 0.6 is 0 Å². The van der Waals surface area contributed by atoms with Crippen LogP contribution in [0.4, 0.5) is 0 Å². The zero-order valence-corrected chi connectivity index (χ0v) is 11.9. The molecule has 104 valence electrons. The first-order valence-electron chi connectivity index (χ1n) is 8.02. The number of hydrogen-bond donors (Lipinski definition) is 1. The van der Waals surface area contributed by atoms with E-state index in [1.54, 1.807) is 0 Å². The van der Waals surface area contributed by atoms with E-state index in [9.17, 15) is 0 Å². The molecule has 4 aliphatic rings. The van der Waals surface area contributed by atoms with E-state index >= 15 is 0 Å². The first-order chi connectivity index (χ1) is 9.26. The van der Waals surface area contributed by atoms with Crippen molar-refractivity contribution in [3.05, 3.63) is 18.0 Å². The summed E-state index contributed by atoms with van der Waals surface area (Å²) in [7, 11) is 0. The Balaban J connectivity index is 1.48. The van der Waals surface area contributed by atoms with Crippen molar-refractivity contribution in [1.82, 2.24) is 15.1 Å². The molecule has 0 saturated heterocycles. The lowest BCUT2D eigenvalue weighted by Crippen LogP contribution is -2.58. The van der Waals surface area contributed by atoms with Crippen LogP contribution in [0, 0.1) is 17.8 Å². The molecule has 4 saturated carbocycles. The Hall–Kier alpha value is -0.830. The van der Waals surface area contributed by atoms with Gasteiger partial charge in [-0.3, -0.25) is 4.68 Å². The molecule has 0 aromatic carbocycles. The van der Waals surface area contributed by atoms with Crippen LogP contribution in [0.25, 0.3) is 0 Å². The fraction of sp³-hybridized carbons (Fsp3) is 0.812. The molecule has 0 amide bonds. The molecular formula is C16H25N3. The van der Waals surface area contributed by atoms with Gasteiger partial charge in [0.15, 0.2) is 0 Å². The third-order valence-electron chi connectivity index (χ3n) is 5.79. The third kappa shape index (κ3) is 2.03. The normalized spacial score (nSPS) is 39.9. The van der Waals surface area contributed by atoms with Crippen LogP contribution in [0.1, 0.15) is 51.1 Å². The Labute approximate surface area is 115 Å². The fourth-order valence-electron chi connectivity index (χ4n) is 5.40. The molecule has 3 heteroatoms. The maximum atomic E-state index is 4.38. The lowest BCUT2D eigenvalue weighted by molar-refractivity contribution is -0.0208. The summed E-state index contributed by atoms with van der Waals surface area (Å²) in [5.74, 6) is 3.07. The molecule has 0 atom stereocenters. The largest absolute Gasteiger partial charge is 0.306 e. The highest BCUT2D eigenvalue weighted by Gasteiger charge is 2.50. The van der Waals surface area contributed by atoms with Gasteiger partial charge in [0.05, 0.1) is 5.69 Å². The van der Waals surface area contributed by atoms with Gasteiger partial charge in [0.2, 0.25) is 0 Å². The summed E-state index contributed by atoms with van der Waals surface area (Å²) >= 11 is 0. The van der Waals surface area contributed by atoms with E-state index < -0.39 is 0 Å². The zero-order valence-electron chi connectivity index (χ0n) is 11.9. The fourth-order valence-corrected chi connectivity index (χ4v) is 5.40. The second-order valence-corrected chi connectivity index (χ2v) is 7.19. The molecule has 0 aliphatic heterocycles. The Bertz CT molecular complexity index is 427. The van der Waals surface area contributed by atoms with E-state index in [0.717, 1.165) is 30.8 Å². The number of hydrogen-bond acceptors (Lipinski definition) is 2. The molecule has 0 spiro atoms. The summed E-state index contributed by atoms with van der Waals surface area (Å²) < 4.78 is 2.12. The molecule has 1 aromatic heterocycles. The number of nitrogens with zero attached hydrogens (tertiary/aromatic N) is 2. The minimum Gasteiger partial charge on any atom is -0.306 e. The van der Waals surface area contributed by atoms with Gasteiger partial charge in [0, 0.05) is 24.8 Å². The molecule has 0 unspecified atom stereocenters. The molecule has 4 bridgehead atoms. The summed E-state index contributed by atoms with van der Waals surface area (Å²) in [6, 6.07) is 2.16. The zero-order chi connectivity index (χ0) is 12.9. The van der Waals surface area contributed by atoms with Crippen LogP contribution in [0.3, 0.4) is 0 Å². The molecule has 4 aliphatic carbocycles. The molecule has 19 heavy (non-hydrogen) atoms. The highest BCUT2D eigenvalue weighted by molar-refractivity contribution is 5.08. The van der Waals surface area contributed by atoms with Gasteiger partial charge in [-0.2, -0.15) is 5.10 Å². The van der Waals surface area contributed by atoms with Gasteiger partial charge in [-0.15, -0.1) is 0 Å². The van der Waals surface area contributed by atoms with Crippen molar-refractivity contribution in [2.45, 2.75) is 64.1 Å². The molecule has 3 nitrogen and oxygen atoms in total. The van der Waals surface area contributed by atoms with Gasteiger partial charge in [0.1, 0.15) is 0 Å². The van der Waals surface area contributed by atoms with E-state index in [1.807, 2.05) is 6.20 Å². The van der Waals surface area contributed by atoms with Crippen LogP contribution in [-0.2, 0) is 13.1 Å². The van der Waals surface area contributed by atoms with E-state index in [0.29, 0.717) is 5.54 Å². The molecule has 1 heterocycles. The standard InChI is InChI=1S/C16H25N3/c1-2-19-15(3-4-18-19)11-17-16-8-12-5-13(9-16)7-14(6-12)10-16/h3-4,12-14,17H,2,5-11H2,1H3. The smallest absolute Gasteiger partial charge is 0.0522 e. The quantitative estimate of drug-likeness (QED) is 0.901. The van der Waals surface area contributed by atoms with Gasteiger partial charge in [-0.1, -0.05) is 0 Å². The highest BCUT2D eigenvalue weighted by atomic mass is 15.3. The second kappa shape index (κ2) is 4.34. The summed E-state index contributed by atoms with van der Waals surface area (Å²) in [4.78, 5) is 0. The van der Waals surface area contributed by atoms with Crippen LogP contribution < -0.4 is 5.32 Å². The van der Waals surface area contributed by atoms with Crippen molar-refractivity contribution in [3.63, 3.8) is 0 Å². The van der Waals surface area contributed by atoms with Crippen LogP contribution in [0.15, 0.2) is 12.3 Å². The topological polar surface area (TPSA) is 29.9 Å². The van der Waals surface area contributed by atoms with Crippen LogP contribution in [0.5, 0.6) is 0 Å². The van der Waals surface area contributed by atoms with Crippen LogP contribution in [-0.4, -0.2) is 15.3 Å². The van der Waals surface area contributed by atoms with Gasteiger partial charge in [0.25, 0.3) is 0 Å². The van der Waals surface area contributed by atoms with Gasteiger partial charge in [-0.05, 0) is 69.3 Å². The summed E-state index contributed by atoms with van der Waals surface area (Å²) in [5.41, 5.74) is 1.82. The SMILES string of the molecule is CCn1nccc1CNC12CC3CC(CC(C3)C1)C2. The summed E-state index contributed by atoms with van der Waals surface area (Å²) in [6.45, 7) is 4.14. The number of nitrogens with one attached hydrogen (secondary N) is 1. The monoisotopic (exact) mass is 259 g/mol. The minimum atomic E-state index is 0.470. The Morgan fingerprint density at radius 3 is 2.42 bits per heavy atom. The first-order valence-corrected chi connectivity index (χ1v) is 8.02. The summed E-state index contributed by atoms with van der Waals surface area (Å²) in [6.07, 6.45) is 10.8. The lowest BCUT2D eigenvalue weighted by Gasteiger charge is -2.57. The molecule has 1 aromatic rings. The second-order valence-electron chi connectivity index (χ2n) is 7.19. The molecule has 0 radical (unpaired) electrons. The van der Waals surface area contributed by atoms with Crippen molar-refractivity contribution in [3.8, 4) is 0 Å². The lowest BCUT2D eigenvalue weighted by atomic mass is 9.53. The average Bonchev–Trinajstić information content (AvgIpc) is 2.82. The number of rotatable bonds is 4. The minimum absolute atomic E-state index is 0.470. The average molecular weight is 259 g/mol. The molecule has 5 rings (SSSR count). The van der Waals surface area contributed by atoms with Crippen molar-refractivity contribution in [2.75, 3.05) is 0 Å². The molecular weight excluding hydrogens is 234 g/mol. The first kappa shape index (κ1) is 12.0. The maximum Gasteiger partial charge on any atom is 0.0522 e. The number of aryl methyl sites for hydroxylation is 1. The Morgan fingerprint density at radius 1 is 1.21 bits per heavy atom. The molecule has 1 N–H and O–H groups in total. The van der Waals surface area contributed by atoms with E-state index in [1.165, 1.54) is 44.2 Å². The predicted octanol–water partition coefficient (Wildman–Crippen LogP) is 2.96. The van der Waals surface area contributed by atoms with Gasteiger partial charge in [-0.25, -0.2) is 0 Å². The van der Waals surface area contributed by atoms with Crippen molar-refractivity contribution >= 4 is 0 Å².